The molecule has 1 rings (SSSR count). The van der Waals surface area contributed by atoms with E-state index in [1.807, 2.05) is 6.92 Å². The molecule has 18 heavy (non-hydrogen) atoms. The van der Waals surface area contributed by atoms with Crippen molar-refractivity contribution in [2.24, 2.45) is 0 Å². The highest BCUT2D eigenvalue weighted by Gasteiger charge is 2.37. The molecule has 1 aromatic heterocycles. The van der Waals surface area contributed by atoms with Gasteiger partial charge in [-0.3, -0.25) is 4.57 Å². The molecule has 0 bridgehead atoms. The third kappa shape index (κ3) is 4.17. The fraction of sp³-hybridized carbons (Fsp3) is 0.375. The zero-order valence-corrected chi connectivity index (χ0v) is 11.3. The molecule has 0 aliphatic heterocycles. The first kappa shape index (κ1) is 15.3. The molecule has 0 aromatic carbocycles. The van der Waals surface area contributed by atoms with Crippen LogP contribution in [0.15, 0.2) is 24.5 Å². The summed E-state index contributed by atoms with van der Waals surface area (Å²) in [6.45, 7) is 2.59. The number of rotatable bonds is 5. The third-order valence-corrected chi connectivity index (χ3v) is 5.47. The Labute approximate surface area is 104 Å². The Kier molecular flexibility index (Phi) is 4.66. The molecule has 102 valence electrons. The second-order valence-electron chi connectivity index (χ2n) is 3.59. The summed E-state index contributed by atoms with van der Waals surface area (Å²) in [5.41, 5.74) is -2.17. The van der Waals surface area contributed by atoms with Crippen molar-refractivity contribution < 1.29 is 33.3 Å². The summed E-state index contributed by atoms with van der Waals surface area (Å²) >= 11 is 0. The molecule has 0 saturated heterocycles. The molecule has 10 heteroatoms. The van der Waals surface area contributed by atoms with Gasteiger partial charge in [-0.1, -0.05) is 0 Å². The van der Waals surface area contributed by atoms with E-state index < -0.39 is 20.7 Å². The van der Waals surface area contributed by atoms with Gasteiger partial charge in [0.15, 0.2) is 25.5 Å². The molecule has 8 nitrogen and oxygen atoms in total. The Balaban J connectivity index is 2.97. The van der Waals surface area contributed by atoms with Crippen LogP contribution in [0.4, 0.5) is 5.69 Å². The van der Waals surface area contributed by atoms with Gasteiger partial charge < -0.3 is 29.5 Å². The lowest BCUT2D eigenvalue weighted by Crippen LogP contribution is -2.31. The number of hydrogen-bond donors (Lipinski definition) is 4. The van der Waals surface area contributed by atoms with Crippen LogP contribution in [-0.4, -0.2) is 20.2 Å². The van der Waals surface area contributed by atoms with E-state index in [-0.39, 0.29) is 5.69 Å². The molecule has 1 heterocycles. The van der Waals surface area contributed by atoms with Gasteiger partial charge in [0.2, 0.25) is 0 Å². The van der Waals surface area contributed by atoms with E-state index in [1.165, 1.54) is 12.1 Å². The van der Waals surface area contributed by atoms with Crippen molar-refractivity contribution in [1.82, 2.24) is 0 Å². The van der Waals surface area contributed by atoms with Crippen LogP contribution in [0.1, 0.15) is 6.92 Å². The topological polar surface area (TPSA) is 134 Å². The van der Waals surface area contributed by atoms with Crippen LogP contribution in [0.2, 0.25) is 0 Å². The number of aromatic nitrogens is 1. The molecule has 1 aromatic rings. The molecule has 0 spiro atoms. The van der Waals surface area contributed by atoms with Gasteiger partial charge in [0.1, 0.15) is 6.54 Å². The maximum absolute atomic E-state index is 11.0. The Morgan fingerprint density at radius 3 is 2.17 bits per heavy atom. The Morgan fingerprint density at radius 2 is 1.83 bits per heavy atom. The van der Waals surface area contributed by atoms with E-state index in [1.54, 1.807) is 17.0 Å². The number of nitrogens with one attached hydrogen (secondary N) is 1. The van der Waals surface area contributed by atoms with Crippen LogP contribution < -0.4 is 14.8 Å². The Bertz CT molecular complexity index is 471. The summed E-state index contributed by atoms with van der Waals surface area (Å²) in [6.07, 6.45) is 3.21. The van der Waals surface area contributed by atoms with Crippen molar-refractivity contribution in [1.29, 1.82) is 0 Å². The van der Waals surface area contributed by atoms with Gasteiger partial charge in [0, 0.05) is 17.8 Å². The summed E-state index contributed by atoms with van der Waals surface area (Å²) in [4.78, 5) is 37.5. The number of nitrogens with zero attached hydrogens (tertiary/aromatic N) is 1. The van der Waals surface area contributed by atoms with E-state index >= 15 is 0 Å². The van der Waals surface area contributed by atoms with Crippen LogP contribution in [0.25, 0.3) is 0 Å². The molecular formula is C8H14N2O6P2. The quantitative estimate of drug-likeness (QED) is 0.421. The second-order valence-corrected chi connectivity index (χ2v) is 7.34. The molecule has 0 fully saturated rings. The van der Waals surface area contributed by atoms with E-state index in [0.29, 0.717) is 6.54 Å². The van der Waals surface area contributed by atoms with E-state index in [0.717, 1.165) is 0 Å². The van der Waals surface area contributed by atoms with Gasteiger partial charge in [0.05, 0.1) is 0 Å². The summed E-state index contributed by atoms with van der Waals surface area (Å²) in [7, 11) is -10.2. The minimum absolute atomic E-state index is 0.179. The van der Waals surface area contributed by atoms with Crippen molar-refractivity contribution in [3.05, 3.63) is 24.5 Å². The summed E-state index contributed by atoms with van der Waals surface area (Å²) in [6, 6.07) is 2.89. The summed E-state index contributed by atoms with van der Waals surface area (Å²) in [5.74, 6) is 0. The number of pyridine rings is 1. The highest BCUT2D eigenvalue weighted by atomic mass is 31.2. The lowest BCUT2D eigenvalue weighted by atomic mass is 10.4. The predicted molar refractivity (Wildman–Crippen MR) is 61.6 cm³/mol. The number of anilines is 1. The fourth-order valence-electron chi connectivity index (χ4n) is 1.27. The molecule has 0 radical (unpaired) electrons. The third-order valence-electron chi connectivity index (χ3n) is 2.18. The maximum atomic E-state index is 11.0. The average Bonchev–Trinajstić information content (AvgIpc) is 2.23. The molecule has 0 aliphatic rings. The lowest BCUT2D eigenvalue weighted by molar-refractivity contribution is -0.693. The number of hydrogen-bond acceptors (Lipinski definition) is 4. The minimum Gasteiger partial charge on any atom is -0.777 e. The predicted octanol–water partition coefficient (Wildman–Crippen LogP) is -0.587. The van der Waals surface area contributed by atoms with Gasteiger partial charge in [-0.2, -0.15) is 0 Å². The molecule has 2 unspecified atom stereocenters. The zero-order valence-electron chi connectivity index (χ0n) is 9.50. The van der Waals surface area contributed by atoms with Crippen LogP contribution in [-0.2, 0) is 15.7 Å². The lowest BCUT2D eigenvalue weighted by Gasteiger charge is -2.28. The van der Waals surface area contributed by atoms with Crippen LogP contribution in [0.5, 0.6) is 0 Å². The highest BCUT2D eigenvalue weighted by molar-refractivity contribution is 7.70. The van der Waals surface area contributed by atoms with Gasteiger partial charge >= 0.3 is 7.60 Å². The standard InChI is InChI=1S/C8H14N2O6P2/c1-2-10-5-3-7(4-6-10)9-8(17(11,12)13)18(14,15)16/h3-6,8H,2H2,1H3,(H4,11,12,13,14,15,16). The van der Waals surface area contributed by atoms with E-state index in [2.05, 4.69) is 5.32 Å². The van der Waals surface area contributed by atoms with Crippen molar-refractivity contribution in [3.63, 3.8) is 0 Å². The van der Waals surface area contributed by atoms with Gasteiger partial charge in [-0.05, 0) is 6.92 Å². The average molecular weight is 296 g/mol. The molecule has 2 atom stereocenters. The molecule has 0 saturated carbocycles. The second kappa shape index (κ2) is 5.48. The molecule has 0 aliphatic carbocycles. The Morgan fingerprint density at radius 1 is 1.33 bits per heavy atom. The molecule has 0 amide bonds. The SMILES string of the molecule is CC[n+]1ccc(NC(P(=O)([O-])O)P(=O)(O)O)cc1. The zero-order chi connectivity index (χ0) is 14.0. The highest BCUT2D eigenvalue weighted by Crippen LogP contribution is 2.57. The first-order valence-electron chi connectivity index (χ1n) is 4.99. The van der Waals surface area contributed by atoms with Gasteiger partial charge in [-0.15, -0.1) is 0 Å². The van der Waals surface area contributed by atoms with Crippen LogP contribution in [0, 0.1) is 0 Å². The van der Waals surface area contributed by atoms with Crippen molar-refractivity contribution in [3.8, 4) is 0 Å². The minimum atomic E-state index is -5.21. The normalized spacial score (nSPS) is 16.9. The first-order valence-corrected chi connectivity index (χ1v) is 8.31. The first-order chi connectivity index (χ1) is 8.14. The van der Waals surface area contributed by atoms with Gasteiger partial charge in [0.25, 0.3) is 0 Å². The van der Waals surface area contributed by atoms with Crippen molar-refractivity contribution in [2.45, 2.75) is 19.0 Å². The maximum Gasteiger partial charge on any atom is 0.356 e. The van der Waals surface area contributed by atoms with E-state index in [9.17, 15) is 14.0 Å². The van der Waals surface area contributed by atoms with E-state index in [4.69, 9.17) is 14.7 Å². The largest absolute Gasteiger partial charge is 0.777 e. The summed E-state index contributed by atoms with van der Waals surface area (Å²) < 4.78 is 23.7. The summed E-state index contributed by atoms with van der Waals surface area (Å²) in [5, 5.41) is 2.11. The molecule has 4 N–H and O–H groups in total. The fourth-order valence-corrected chi connectivity index (χ4v) is 3.42. The van der Waals surface area contributed by atoms with Crippen LogP contribution >= 0.6 is 15.2 Å². The Hall–Kier alpha value is -0.750. The van der Waals surface area contributed by atoms with Gasteiger partial charge in [-0.25, -0.2) is 4.57 Å². The number of aryl methyl sites for hydroxylation is 1. The van der Waals surface area contributed by atoms with Crippen molar-refractivity contribution >= 4 is 20.9 Å². The van der Waals surface area contributed by atoms with Crippen LogP contribution in [0.3, 0.4) is 0 Å². The van der Waals surface area contributed by atoms with Crippen molar-refractivity contribution in [2.75, 3.05) is 5.32 Å². The monoisotopic (exact) mass is 296 g/mol. The molecular weight excluding hydrogens is 282 g/mol. The smallest absolute Gasteiger partial charge is 0.356 e.